The number of aryl methyl sites for hydroxylation is 1. The minimum Gasteiger partial charge on any atom is -0.494 e. The van der Waals surface area contributed by atoms with Crippen LogP contribution in [0.1, 0.15) is 37.5 Å². The number of amides is 2. The highest BCUT2D eigenvalue weighted by Crippen LogP contribution is 2.33. The van der Waals surface area contributed by atoms with Crippen LogP contribution in [0.5, 0.6) is 17.2 Å². The molecule has 0 saturated heterocycles. The molecule has 4 rings (SSSR count). The van der Waals surface area contributed by atoms with Crippen LogP contribution in [0.4, 0.5) is 5.69 Å². The van der Waals surface area contributed by atoms with E-state index in [1.807, 2.05) is 82.3 Å². The van der Waals surface area contributed by atoms with Gasteiger partial charge in [0.15, 0.2) is 11.5 Å². The molecule has 0 bridgehead atoms. The van der Waals surface area contributed by atoms with E-state index in [2.05, 4.69) is 5.32 Å². The fourth-order valence-corrected chi connectivity index (χ4v) is 6.81. The van der Waals surface area contributed by atoms with E-state index in [-0.39, 0.29) is 41.1 Å². The van der Waals surface area contributed by atoms with E-state index in [9.17, 15) is 18.0 Å². The minimum absolute atomic E-state index is 0.0826. The van der Waals surface area contributed by atoms with Crippen LogP contribution in [-0.4, -0.2) is 65.1 Å². The third kappa shape index (κ3) is 9.78. The Morgan fingerprint density at radius 3 is 2.08 bits per heavy atom. The second-order valence-electron chi connectivity index (χ2n) is 12.3. The normalized spacial score (nSPS) is 11.8. The number of methoxy groups -OCH3 is 2. The molecule has 11 heteroatoms. The molecule has 2 amide bonds. The van der Waals surface area contributed by atoms with E-state index in [4.69, 9.17) is 14.2 Å². The highest BCUT2D eigenvalue weighted by Gasteiger charge is 2.35. The minimum atomic E-state index is -4.36. The lowest BCUT2D eigenvalue weighted by Crippen LogP contribution is -2.53. The molecule has 0 aliphatic carbocycles. The number of hydrogen-bond donors (Lipinski definition) is 1. The molecule has 4 aromatic rings. The molecule has 10 nitrogen and oxygen atoms in total. The van der Waals surface area contributed by atoms with Gasteiger partial charge in [0.1, 0.15) is 18.3 Å². The van der Waals surface area contributed by atoms with Crippen molar-refractivity contribution in [2.24, 2.45) is 5.92 Å². The van der Waals surface area contributed by atoms with Crippen molar-refractivity contribution >= 4 is 27.5 Å². The largest absolute Gasteiger partial charge is 0.494 e. The molecule has 0 aliphatic rings. The van der Waals surface area contributed by atoms with Crippen LogP contribution in [0.25, 0.3) is 0 Å². The number of carbonyl (C=O) groups is 2. The fourth-order valence-electron chi connectivity index (χ4n) is 5.37. The number of rotatable bonds is 17. The summed E-state index contributed by atoms with van der Waals surface area (Å²) in [5, 5.41) is 3.01. The first-order chi connectivity index (χ1) is 24.0. The Labute approximate surface area is 296 Å². The second kappa shape index (κ2) is 17.6. The molecular weight excluding hydrogens is 655 g/mol. The lowest BCUT2D eigenvalue weighted by molar-refractivity contribution is -0.140. The maximum Gasteiger partial charge on any atom is 0.264 e. The summed E-state index contributed by atoms with van der Waals surface area (Å²) in [6, 6.07) is 27.0. The lowest BCUT2D eigenvalue weighted by atomic mass is 10.0. The van der Waals surface area contributed by atoms with Gasteiger partial charge in [-0.1, -0.05) is 74.0 Å². The molecule has 0 saturated carbocycles. The second-order valence-corrected chi connectivity index (χ2v) is 14.2. The van der Waals surface area contributed by atoms with E-state index >= 15 is 0 Å². The zero-order valence-electron chi connectivity index (χ0n) is 29.6. The maximum atomic E-state index is 14.7. The average Bonchev–Trinajstić information content (AvgIpc) is 3.12. The average molecular weight is 702 g/mol. The number of hydrogen-bond acceptors (Lipinski definition) is 7. The number of benzene rings is 4. The Morgan fingerprint density at radius 2 is 1.48 bits per heavy atom. The van der Waals surface area contributed by atoms with Gasteiger partial charge in [-0.05, 0) is 67.3 Å². The van der Waals surface area contributed by atoms with E-state index in [0.717, 1.165) is 21.0 Å². The van der Waals surface area contributed by atoms with Crippen molar-refractivity contribution in [3.63, 3.8) is 0 Å². The quantitative estimate of drug-likeness (QED) is 0.143. The topological polar surface area (TPSA) is 114 Å². The van der Waals surface area contributed by atoms with Crippen LogP contribution in [0.15, 0.2) is 102 Å². The number of nitrogens with one attached hydrogen (secondary N) is 1. The summed E-state index contributed by atoms with van der Waals surface area (Å²) in [5.74, 6) is 0.437. The summed E-state index contributed by atoms with van der Waals surface area (Å²) in [7, 11) is -1.48. The fraction of sp³-hybridized carbons (Fsp3) is 0.333. The van der Waals surface area contributed by atoms with Gasteiger partial charge in [-0.3, -0.25) is 13.9 Å². The number of ether oxygens (including phenoxy) is 3. The molecule has 266 valence electrons. The van der Waals surface area contributed by atoms with Crippen LogP contribution in [0, 0.1) is 12.8 Å². The van der Waals surface area contributed by atoms with Crippen molar-refractivity contribution in [2.75, 3.05) is 38.2 Å². The van der Waals surface area contributed by atoms with Gasteiger partial charge in [0, 0.05) is 25.6 Å². The van der Waals surface area contributed by atoms with Crippen LogP contribution < -0.4 is 23.8 Å². The molecule has 1 unspecified atom stereocenters. The van der Waals surface area contributed by atoms with Gasteiger partial charge in [0.25, 0.3) is 10.0 Å². The molecule has 0 heterocycles. The molecule has 0 aliphatic heterocycles. The Balaban J connectivity index is 1.83. The van der Waals surface area contributed by atoms with Crippen molar-refractivity contribution in [1.82, 2.24) is 10.2 Å². The highest BCUT2D eigenvalue weighted by atomic mass is 32.2. The first-order valence-corrected chi connectivity index (χ1v) is 18.0. The number of sulfonamides is 1. The zero-order valence-corrected chi connectivity index (χ0v) is 30.4. The van der Waals surface area contributed by atoms with Crippen molar-refractivity contribution < 1.29 is 32.2 Å². The smallest absolute Gasteiger partial charge is 0.264 e. The van der Waals surface area contributed by atoms with Crippen molar-refractivity contribution in [1.29, 1.82) is 0 Å². The van der Waals surface area contributed by atoms with Gasteiger partial charge >= 0.3 is 0 Å². The molecule has 0 aromatic heterocycles. The zero-order chi connectivity index (χ0) is 36.3. The molecule has 0 fully saturated rings. The first-order valence-electron chi connectivity index (χ1n) is 16.6. The maximum absolute atomic E-state index is 14.7. The molecule has 1 atom stereocenters. The van der Waals surface area contributed by atoms with Gasteiger partial charge < -0.3 is 24.4 Å². The van der Waals surface area contributed by atoms with E-state index in [0.29, 0.717) is 24.7 Å². The lowest BCUT2D eigenvalue weighted by Gasteiger charge is -2.34. The summed E-state index contributed by atoms with van der Waals surface area (Å²) in [5.41, 5.74) is 2.95. The Morgan fingerprint density at radius 1 is 0.820 bits per heavy atom. The SMILES string of the molecule is CCOc1ccc(N(CC(=O)N(Cc2ccc(C)cc2)C(Cc2ccccc2)C(=O)NCC(C)C)S(=O)(=O)c2ccc(OC)c(OC)c2)cc1. The summed E-state index contributed by atoms with van der Waals surface area (Å²) in [6.45, 7) is 8.16. The van der Waals surface area contributed by atoms with Gasteiger partial charge in [0.05, 0.1) is 31.4 Å². The van der Waals surface area contributed by atoms with E-state index in [1.165, 1.54) is 37.3 Å². The van der Waals surface area contributed by atoms with Crippen LogP contribution in [-0.2, 0) is 32.6 Å². The van der Waals surface area contributed by atoms with Crippen molar-refractivity contribution in [3.8, 4) is 17.2 Å². The third-order valence-electron chi connectivity index (χ3n) is 8.09. The first kappa shape index (κ1) is 37.8. The predicted molar refractivity (Wildman–Crippen MR) is 195 cm³/mol. The Hall–Kier alpha value is -5.03. The van der Waals surface area contributed by atoms with Gasteiger partial charge in [-0.2, -0.15) is 0 Å². The summed E-state index contributed by atoms with van der Waals surface area (Å²) in [4.78, 5) is 30.1. The third-order valence-corrected chi connectivity index (χ3v) is 9.86. The number of nitrogens with zero attached hydrogens (tertiary/aromatic N) is 2. The number of anilines is 1. The van der Waals surface area contributed by atoms with E-state index in [1.54, 1.807) is 24.3 Å². The Kier molecular flexibility index (Phi) is 13.3. The summed E-state index contributed by atoms with van der Waals surface area (Å²) < 4.78 is 46.4. The van der Waals surface area contributed by atoms with Crippen LogP contribution >= 0.6 is 0 Å². The molecular formula is C39H47N3O7S. The van der Waals surface area contributed by atoms with Gasteiger partial charge in [-0.15, -0.1) is 0 Å². The summed E-state index contributed by atoms with van der Waals surface area (Å²) in [6.07, 6.45) is 0.230. The molecule has 50 heavy (non-hydrogen) atoms. The van der Waals surface area contributed by atoms with Crippen molar-refractivity contribution in [2.45, 2.75) is 51.6 Å². The standard InChI is InChI=1S/C39H47N3O7S/c1-7-49-33-19-17-32(18-20-33)42(50(45,46)34-21-22-36(47-5)37(24-34)48-6)27-38(43)41(26-31-15-13-29(4)14-16-31)35(39(44)40-25-28(2)3)23-30-11-9-8-10-12-30/h8-22,24,28,35H,7,23,25-27H2,1-6H3,(H,40,44). The monoisotopic (exact) mass is 701 g/mol. The van der Waals surface area contributed by atoms with Crippen molar-refractivity contribution in [3.05, 3.63) is 114 Å². The molecule has 1 N–H and O–H groups in total. The van der Waals surface area contributed by atoms with Crippen LogP contribution in [0.2, 0.25) is 0 Å². The molecule has 0 spiro atoms. The van der Waals surface area contributed by atoms with Gasteiger partial charge in [-0.25, -0.2) is 8.42 Å². The highest BCUT2D eigenvalue weighted by molar-refractivity contribution is 7.92. The predicted octanol–water partition coefficient (Wildman–Crippen LogP) is 6.02. The molecule has 0 radical (unpaired) electrons. The molecule has 4 aromatic carbocycles. The van der Waals surface area contributed by atoms with Crippen LogP contribution in [0.3, 0.4) is 0 Å². The Bertz CT molecular complexity index is 1810. The number of carbonyl (C=O) groups excluding carboxylic acids is 2. The van der Waals surface area contributed by atoms with Gasteiger partial charge in [0.2, 0.25) is 11.8 Å². The summed E-state index contributed by atoms with van der Waals surface area (Å²) >= 11 is 0. The van der Waals surface area contributed by atoms with E-state index < -0.39 is 28.5 Å².